The standard InChI is InChI=1S/C8H7Cl2N/c9-6-1-5(8-4-11-8)2-7(10)3-6/h1-3,8,11H,4H2/t8-/m1/s1. The molecule has 1 atom stereocenters. The van der Waals surface area contributed by atoms with Crippen LogP contribution in [0.2, 0.25) is 10.0 Å². The summed E-state index contributed by atoms with van der Waals surface area (Å²) < 4.78 is 0. The smallest absolute Gasteiger partial charge is 0.0448 e. The molecule has 1 N–H and O–H groups in total. The van der Waals surface area contributed by atoms with Crippen molar-refractivity contribution in [3.63, 3.8) is 0 Å². The average Bonchev–Trinajstić information content (AvgIpc) is 2.64. The van der Waals surface area contributed by atoms with Crippen molar-refractivity contribution in [2.75, 3.05) is 6.54 Å². The van der Waals surface area contributed by atoms with Gasteiger partial charge in [-0.1, -0.05) is 23.2 Å². The minimum absolute atomic E-state index is 0.478. The van der Waals surface area contributed by atoms with Gasteiger partial charge in [-0.3, -0.25) is 0 Å². The summed E-state index contributed by atoms with van der Waals surface area (Å²) in [6.45, 7) is 1.04. The highest BCUT2D eigenvalue weighted by Crippen LogP contribution is 2.27. The van der Waals surface area contributed by atoms with E-state index < -0.39 is 0 Å². The van der Waals surface area contributed by atoms with Crippen LogP contribution in [0.4, 0.5) is 0 Å². The van der Waals surface area contributed by atoms with Crippen molar-refractivity contribution < 1.29 is 0 Å². The van der Waals surface area contributed by atoms with Crippen LogP contribution in [0, 0.1) is 0 Å². The third-order valence-electron chi connectivity index (χ3n) is 1.70. The zero-order valence-electron chi connectivity index (χ0n) is 5.77. The molecule has 3 heteroatoms. The van der Waals surface area contributed by atoms with Crippen molar-refractivity contribution in [1.29, 1.82) is 0 Å². The van der Waals surface area contributed by atoms with Crippen LogP contribution < -0.4 is 5.32 Å². The van der Waals surface area contributed by atoms with Gasteiger partial charge in [0, 0.05) is 22.6 Å². The Morgan fingerprint density at radius 3 is 2.18 bits per heavy atom. The normalized spacial score (nSPS) is 21.8. The molecule has 0 spiro atoms. The fraction of sp³-hybridized carbons (Fsp3) is 0.250. The molecule has 11 heavy (non-hydrogen) atoms. The van der Waals surface area contributed by atoms with E-state index in [4.69, 9.17) is 23.2 Å². The Morgan fingerprint density at radius 2 is 1.73 bits per heavy atom. The maximum Gasteiger partial charge on any atom is 0.0448 e. The molecule has 0 radical (unpaired) electrons. The molecule has 0 unspecified atom stereocenters. The molecule has 0 bridgehead atoms. The molecule has 1 saturated heterocycles. The highest BCUT2D eigenvalue weighted by atomic mass is 35.5. The van der Waals surface area contributed by atoms with Crippen LogP contribution in [-0.4, -0.2) is 6.54 Å². The van der Waals surface area contributed by atoms with Crippen LogP contribution in [0.1, 0.15) is 11.6 Å². The molecule has 0 aliphatic carbocycles. The van der Waals surface area contributed by atoms with Crippen molar-refractivity contribution in [3.8, 4) is 0 Å². The van der Waals surface area contributed by atoms with Crippen LogP contribution in [-0.2, 0) is 0 Å². The fourth-order valence-electron chi connectivity index (χ4n) is 1.07. The Kier molecular flexibility index (Phi) is 1.80. The molecule has 0 amide bonds. The number of hydrogen-bond donors (Lipinski definition) is 1. The Bertz CT molecular complexity index is 261. The SMILES string of the molecule is Clc1cc(Cl)cc([C@H]2CN2)c1. The van der Waals surface area contributed by atoms with Crippen molar-refractivity contribution in [2.24, 2.45) is 0 Å². The lowest BCUT2D eigenvalue weighted by molar-refractivity contribution is 1.08. The average molecular weight is 188 g/mol. The van der Waals surface area contributed by atoms with Gasteiger partial charge in [-0.25, -0.2) is 0 Å². The third kappa shape index (κ3) is 1.67. The Morgan fingerprint density at radius 1 is 1.18 bits per heavy atom. The van der Waals surface area contributed by atoms with Crippen molar-refractivity contribution in [1.82, 2.24) is 5.32 Å². The van der Waals surface area contributed by atoms with Gasteiger partial charge in [0.05, 0.1) is 0 Å². The molecule has 2 rings (SSSR count). The maximum absolute atomic E-state index is 5.81. The monoisotopic (exact) mass is 187 g/mol. The van der Waals surface area contributed by atoms with Crippen molar-refractivity contribution in [3.05, 3.63) is 33.8 Å². The van der Waals surface area contributed by atoms with Gasteiger partial charge in [0.15, 0.2) is 0 Å². The predicted octanol–water partition coefficient (Wildman–Crippen LogP) is 2.64. The minimum Gasteiger partial charge on any atom is -0.307 e. The molecule has 58 valence electrons. The first-order valence-corrected chi connectivity index (χ1v) is 4.21. The summed E-state index contributed by atoms with van der Waals surface area (Å²) in [7, 11) is 0. The number of rotatable bonds is 1. The van der Waals surface area contributed by atoms with E-state index >= 15 is 0 Å². The van der Waals surface area contributed by atoms with E-state index in [0.29, 0.717) is 16.1 Å². The summed E-state index contributed by atoms with van der Waals surface area (Å²) in [6.07, 6.45) is 0. The van der Waals surface area contributed by atoms with Crippen LogP contribution in [0.5, 0.6) is 0 Å². The molecule has 1 nitrogen and oxygen atoms in total. The molecular formula is C8H7Cl2N. The van der Waals surface area contributed by atoms with Gasteiger partial charge in [-0.2, -0.15) is 0 Å². The second kappa shape index (κ2) is 2.67. The summed E-state index contributed by atoms with van der Waals surface area (Å²) >= 11 is 11.6. The second-order valence-corrected chi connectivity index (χ2v) is 3.54. The van der Waals surface area contributed by atoms with Gasteiger partial charge < -0.3 is 5.32 Å². The van der Waals surface area contributed by atoms with Crippen molar-refractivity contribution >= 4 is 23.2 Å². The van der Waals surface area contributed by atoms with Crippen LogP contribution in [0.25, 0.3) is 0 Å². The van der Waals surface area contributed by atoms with E-state index in [1.54, 1.807) is 6.07 Å². The largest absolute Gasteiger partial charge is 0.307 e. The fourth-order valence-corrected chi connectivity index (χ4v) is 1.61. The quantitative estimate of drug-likeness (QED) is 0.672. The first kappa shape index (κ1) is 7.41. The Labute approximate surface area is 75.3 Å². The zero-order chi connectivity index (χ0) is 7.84. The molecule has 1 fully saturated rings. The molecular weight excluding hydrogens is 181 g/mol. The maximum atomic E-state index is 5.81. The first-order valence-electron chi connectivity index (χ1n) is 3.45. The number of benzene rings is 1. The highest BCUT2D eigenvalue weighted by molar-refractivity contribution is 6.34. The first-order chi connectivity index (χ1) is 5.25. The summed E-state index contributed by atoms with van der Waals surface area (Å²) in [4.78, 5) is 0. The number of halogens is 2. The van der Waals surface area contributed by atoms with Gasteiger partial charge in [-0.15, -0.1) is 0 Å². The molecule has 0 aromatic heterocycles. The molecule has 1 aromatic carbocycles. The highest BCUT2D eigenvalue weighted by Gasteiger charge is 2.22. The van der Waals surface area contributed by atoms with E-state index in [2.05, 4.69) is 5.32 Å². The van der Waals surface area contributed by atoms with Crippen LogP contribution in [0.3, 0.4) is 0 Å². The van der Waals surface area contributed by atoms with Crippen molar-refractivity contribution in [2.45, 2.75) is 6.04 Å². The lowest BCUT2D eigenvalue weighted by Gasteiger charge is -1.98. The van der Waals surface area contributed by atoms with E-state index in [1.165, 1.54) is 5.56 Å². The third-order valence-corrected chi connectivity index (χ3v) is 2.13. The van der Waals surface area contributed by atoms with Gasteiger partial charge in [0.1, 0.15) is 0 Å². The van der Waals surface area contributed by atoms with Crippen LogP contribution in [0.15, 0.2) is 18.2 Å². The van der Waals surface area contributed by atoms with E-state index in [9.17, 15) is 0 Å². The van der Waals surface area contributed by atoms with Gasteiger partial charge >= 0.3 is 0 Å². The Balaban J connectivity index is 2.39. The summed E-state index contributed by atoms with van der Waals surface area (Å²) in [6, 6.07) is 6.11. The van der Waals surface area contributed by atoms with Gasteiger partial charge in [0.25, 0.3) is 0 Å². The van der Waals surface area contributed by atoms with Gasteiger partial charge in [0.2, 0.25) is 0 Å². The molecule has 1 heterocycles. The van der Waals surface area contributed by atoms with Crippen LogP contribution >= 0.6 is 23.2 Å². The second-order valence-electron chi connectivity index (χ2n) is 2.66. The van der Waals surface area contributed by atoms with Gasteiger partial charge in [-0.05, 0) is 23.8 Å². The number of hydrogen-bond acceptors (Lipinski definition) is 1. The zero-order valence-corrected chi connectivity index (χ0v) is 7.28. The molecule has 1 aliphatic rings. The topological polar surface area (TPSA) is 21.9 Å². The minimum atomic E-state index is 0.478. The molecule has 0 saturated carbocycles. The van der Waals surface area contributed by atoms with E-state index in [-0.39, 0.29) is 0 Å². The molecule has 1 aromatic rings. The number of nitrogens with one attached hydrogen (secondary N) is 1. The lowest BCUT2D eigenvalue weighted by Crippen LogP contribution is -1.83. The van der Waals surface area contributed by atoms with E-state index in [0.717, 1.165) is 6.54 Å². The Hall–Kier alpha value is -0.240. The lowest BCUT2D eigenvalue weighted by atomic mass is 10.2. The summed E-state index contributed by atoms with van der Waals surface area (Å²) in [5.74, 6) is 0. The van der Waals surface area contributed by atoms with E-state index in [1.807, 2.05) is 12.1 Å². The predicted molar refractivity (Wildman–Crippen MR) is 47.2 cm³/mol. The summed E-state index contributed by atoms with van der Waals surface area (Å²) in [5, 5.41) is 4.61. The molecule has 1 aliphatic heterocycles. The summed E-state index contributed by atoms with van der Waals surface area (Å²) in [5.41, 5.74) is 1.18.